The van der Waals surface area contributed by atoms with Gasteiger partial charge in [0.2, 0.25) is 0 Å². The third-order valence-electron chi connectivity index (χ3n) is 2.16. The monoisotopic (exact) mass is 218 g/mol. The van der Waals surface area contributed by atoms with Crippen molar-refractivity contribution in [2.24, 2.45) is 0 Å². The second-order valence-corrected chi connectivity index (χ2v) is 3.81. The maximum absolute atomic E-state index is 6.26. The van der Waals surface area contributed by atoms with E-state index in [-0.39, 0.29) is 5.38 Å². The maximum atomic E-state index is 6.26. The zero-order valence-electron chi connectivity index (χ0n) is 8.18. The second kappa shape index (κ2) is 4.89. The number of alkyl halides is 1. The van der Waals surface area contributed by atoms with E-state index < -0.39 is 0 Å². The van der Waals surface area contributed by atoms with E-state index in [9.17, 15) is 0 Å². The molecule has 0 radical (unpaired) electrons. The predicted octanol–water partition coefficient (Wildman–Crippen LogP) is 3.00. The van der Waals surface area contributed by atoms with E-state index in [2.05, 4.69) is 9.97 Å². The van der Waals surface area contributed by atoms with E-state index in [0.29, 0.717) is 0 Å². The molecule has 2 nitrogen and oxygen atoms in total. The molecule has 0 saturated heterocycles. The number of nitrogens with zero attached hydrogens (tertiary/aromatic N) is 2. The maximum Gasteiger partial charge on any atom is 0.0655 e. The molecule has 0 aliphatic heterocycles. The fourth-order valence-corrected chi connectivity index (χ4v) is 1.67. The average Bonchev–Trinajstić information content (AvgIpc) is 2.31. The first-order valence-electron chi connectivity index (χ1n) is 4.80. The fraction of sp³-hybridized carbons (Fsp3) is 0.167. The van der Waals surface area contributed by atoms with Gasteiger partial charge in [0.25, 0.3) is 0 Å². The van der Waals surface area contributed by atoms with Gasteiger partial charge < -0.3 is 0 Å². The summed E-state index contributed by atoms with van der Waals surface area (Å²) in [5, 5.41) is -0.0615. The summed E-state index contributed by atoms with van der Waals surface area (Å²) >= 11 is 6.26. The first-order chi connectivity index (χ1) is 7.36. The van der Waals surface area contributed by atoms with Crippen LogP contribution in [0.4, 0.5) is 0 Å². The molecule has 0 aliphatic carbocycles. The molecule has 2 aromatic rings. The molecule has 1 atom stereocenters. The lowest BCUT2D eigenvalue weighted by Gasteiger charge is -2.08. The Labute approximate surface area is 94.0 Å². The van der Waals surface area contributed by atoms with E-state index in [1.165, 1.54) is 0 Å². The van der Waals surface area contributed by atoms with Crippen LogP contribution in [0.3, 0.4) is 0 Å². The molecule has 1 unspecified atom stereocenters. The Kier molecular flexibility index (Phi) is 3.30. The SMILES string of the molecule is ClC(Cc1ccccn1)c1cccnc1. The lowest BCUT2D eigenvalue weighted by atomic mass is 10.1. The zero-order valence-corrected chi connectivity index (χ0v) is 8.93. The molecule has 15 heavy (non-hydrogen) atoms. The summed E-state index contributed by atoms with van der Waals surface area (Å²) in [5.41, 5.74) is 2.03. The Morgan fingerprint density at radius 3 is 2.73 bits per heavy atom. The minimum Gasteiger partial charge on any atom is -0.264 e. The third-order valence-corrected chi connectivity index (χ3v) is 2.57. The summed E-state index contributed by atoms with van der Waals surface area (Å²) in [5.74, 6) is 0. The summed E-state index contributed by atoms with van der Waals surface area (Å²) < 4.78 is 0. The van der Waals surface area contributed by atoms with Crippen molar-refractivity contribution < 1.29 is 0 Å². The number of aromatic nitrogens is 2. The second-order valence-electron chi connectivity index (χ2n) is 3.28. The van der Waals surface area contributed by atoms with Crippen LogP contribution in [-0.2, 0) is 6.42 Å². The number of hydrogen-bond donors (Lipinski definition) is 0. The topological polar surface area (TPSA) is 25.8 Å². The molecule has 2 aromatic heterocycles. The number of hydrogen-bond acceptors (Lipinski definition) is 2. The van der Waals surface area contributed by atoms with Gasteiger partial charge in [-0.25, -0.2) is 0 Å². The lowest BCUT2D eigenvalue weighted by Crippen LogP contribution is -1.97. The van der Waals surface area contributed by atoms with Gasteiger partial charge in [-0.15, -0.1) is 11.6 Å². The highest BCUT2D eigenvalue weighted by Crippen LogP contribution is 2.22. The molecule has 2 rings (SSSR count). The van der Waals surface area contributed by atoms with Crippen LogP contribution in [0.1, 0.15) is 16.6 Å². The van der Waals surface area contributed by atoms with Crippen LogP contribution in [0.5, 0.6) is 0 Å². The molecule has 3 heteroatoms. The molecule has 2 heterocycles. The minimum atomic E-state index is -0.0615. The first kappa shape index (κ1) is 10.1. The van der Waals surface area contributed by atoms with Crippen molar-refractivity contribution >= 4 is 11.6 Å². The lowest BCUT2D eigenvalue weighted by molar-refractivity contribution is 0.875. The van der Waals surface area contributed by atoms with Crippen molar-refractivity contribution in [1.29, 1.82) is 0 Å². The van der Waals surface area contributed by atoms with Crippen LogP contribution in [0.2, 0.25) is 0 Å². The largest absolute Gasteiger partial charge is 0.264 e. The van der Waals surface area contributed by atoms with Gasteiger partial charge in [-0.2, -0.15) is 0 Å². The third kappa shape index (κ3) is 2.77. The Bertz CT molecular complexity index is 402. The molecule has 0 aliphatic rings. The summed E-state index contributed by atoms with van der Waals surface area (Å²) in [7, 11) is 0. The minimum absolute atomic E-state index is 0.0615. The van der Waals surface area contributed by atoms with Crippen molar-refractivity contribution in [3.05, 3.63) is 60.2 Å². The van der Waals surface area contributed by atoms with E-state index in [1.54, 1.807) is 18.6 Å². The number of halogens is 1. The molecular formula is C12H11ClN2. The van der Waals surface area contributed by atoms with Gasteiger partial charge in [0.05, 0.1) is 5.38 Å². The molecular weight excluding hydrogens is 208 g/mol. The van der Waals surface area contributed by atoms with Crippen LogP contribution in [0, 0.1) is 0 Å². The van der Waals surface area contributed by atoms with Gasteiger partial charge in [-0.05, 0) is 23.8 Å². The van der Waals surface area contributed by atoms with Crippen LogP contribution >= 0.6 is 11.6 Å². The van der Waals surface area contributed by atoms with E-state index in [4.69, 9.17) is 11.6 Å². The summed E-state index contributed by atoms with van der Waals surface area (Å²) in [6, 6.07) is 9.72. The van der Waals surface area contributed by atoms with Crippen molar-refractivity contribution in [3.8, 4) is 0 Å². The van der Waals surface area contributed by atoms with E-state index in [1.807, 2.05) is 30.3 Å². The molecule has 0 saturated carbocycles. The molecule has 0 bridgehead atoms. The zero-order chi connectivity index (χ0) is 10.5. The Morgan fingerprint density at radius 2 is 2.07 bits per heavy atom. The highest BCUT2D eigenvalue weighted by atomic mass is 35.5. The fourth-order valence-electron chi connectivity index (χ4n) is 1.38. The van der Waals surface area contributed by atoms with E-state index in [0.717, 1.165) is 17.7 Å². The van der Waals surface area contributed by atoms with Crippen molar-refractivity contribution in [2.75, 3.05) is 0 Å². The van der Waals surface area contributed by atoms with Crippen molar-refractivity contribution in [1.82, 2.24) is 9.97 Å². The molecule has 0 aromatic carbocycles. The van der Waals surface area contributed by atoms with Gasteiger partial charge in [0.1, 0.15) is 0 Å². The molecule has 0 fully saturated rings. The van der Waals surface area contributed by atoms with Crippen LogP contribution < -0.4 is 0 Å². The summed E-state index contributed by atoms with van der Waals surface area (Å²) in [6.45, 7) is 0. The van der Waals surface area contributed by atoms with Crippen molar-refractivity contribution in [3.63, 3.8) is 0 Å². The average molecular weight is 219 g/mol. The van der Waals surface area contributed by atoms with Gasteiger partial charge in [0.15, 0.2) is 0 Å². The summed E-state index contributed by atoms with van der Waals surface area (Å²) in [4.78, 5) is 8.28. The highest BCUT2D eigenvalue weighted by Gasteiger charge is 2.08. The highest BCUT2D eigenvalue weighted by molar-refractivity contribution is 6.20. The van der Waals surface area contributed by atoms with Gasteiger partial charge in [-0.3, -0.25) is 9.97 Å². The van der Waals surface area contributed by atoms with Crippen molar-refractivity contribution in [2.45, 2.75) is 11.8 Å². The van der Waals surface area contributed by atoms with Crippen LogP contribution in [0.15, 0.2) is 48.9 Å². The van der Waals surface area contributed by atoms with Crippen LogP contribution in [-0.4, -0.2) is 9.97 Å². The number of rotatable bonds is 3. The standard InChI is InChI=1S/C12H11ClN2/c13-12(10-4-3-6-14-9-10)8-11-5-1-2-7-15-11/h1-7,9,12H,8H2. The molecule has 0 N–H and O–H groups in total. The number of pyridine rings is 2. The molecule has 0 spiro atoms. The molecule has 0 amide bonds. The molecule has 76 valence electrons. The predicted molar refractivity (Wildman–Crippen MR) is 60.8 cm³/mol. The first-order valence-corrected chi connectivity index (χ1v) is 5.24. The van der Waals surface area contributed by atoms with E-state index >= 15 is 0 Å². The smallest absolute Gasteiger partial charge is 0.0655 e. The van der Waals surface area contributed by atoms with Crippen LogP contribution in [0.25, 0.3) is 0 Å². The Balaban J connectivity index is 2.08. The quantitative estimate of drug-likeness (QED) is 0.741. The van der Waals surface area contributed by atoms with Gasteiger partial charge in [-0.1, -0.05) is 12.1 Å². The van der Waals surface area contributed by atoms with Gasteiger partial charge in [0, 0.05) is 30.7 Å². The Morgan fingerprint density at radius 1 is 1.13 bits per heavy atom. The normalized spacial score (nSPS) is 12.3. The van der Waals surface area contributed by atoms with Gasteiger partial charge >= 0.3 is 0 Å². The Hall–Kier alpha value is -1.41. The summed E-state index contributed by atoms with van der Waals surface area (Å²) in [6.07, 6.45) is 6.05.